The van der Waals surface area contributed by atoms with Gasteiger partial charge in [0.15, 0.2) is 0 Å². The van der Waals surface area contributed by atoms with Crippen LogP contribution in [0.3, 0.4) is 0 Å². The van der Waals surface area contributed by atoms with E-state index in [1.165, 1.54) is 10.6 Å². The number of anilines is 1. The minimum Gasteiger partial charge on any atom is -0.497 e. The zero-order chi connectivity index (χ0) is 19.5. The molecule has 0 aliphatic heterocycles. The maximum Gasteiger partial charge on any atom is 0.251 e. The molecule has 6 nitrogen and oxygen atoms in total. The number of nitrogens with one attached hydrogen (secondary N) is 1. The first-order chi connectivity index (χ1) is 13.6. The minimum absolute atomic E-state index is 0.0714. The molecule has 1 N–H and O–H groups in total. The fraction of sp³-hybridized carbons (Fsp3) is 0.0952. The molecule has 1 amide bonds. The number of aromatic nitrogens is 2. The van der Waals surface area contributed by atoms with Gasteiger partial charge in [-0.2, -0.15) is 0 Å². The van der Waals surface area contributed by atoms with Crippen LogP contribution >= 0.6 is 11.3 Å². The predicted molar refractivity (Wildman–Crippen MR) is 111 cm³/mol. The average molecular weight is 391 g/mol. The number of fused-ring (bicyclic) bond motifs is 1. The summed E-state index contributed by atoms with van der Waals surface area (Å²) in [6.07, 6.45) is 3.34. The Hall–Kier alpha value is -3.45. The number of pyridine rings is 2. The lowest BCUT2D eigenvalue weighted by molar-refractivity contribution is -0.116. The van der Waals surface area contributed by atoms with Gasteiger partial charge in [-0.25, -0.2) is 0 Å². The molecule has 3 heterocycles. The van der Waals surface area contributed by atoms with E-state index in [-0.39, 0.29) is 18.0 Å². The Morgan fingerprint density at radius 1 is 1.21 bits per heavy atom. The summed E-state index contributed by atoms with van der Waals surface area (Å²) in [7, 11) is 1.59. The van der Waals surface area contributed by atoms with Crippen molar-refractivity contribution < 1.29 is 9.53 Å². The quantitative estimate of drug-likeness (QED) is 0.562. The van der Waals surface area contributed by atoms with Gasteiger partial charge in [0.2, 0.25) is 5.91 Å². The van der Waals surface area contributed by atoms with Crippen molar-refractivity contribution in [3.05, 3.63) is 76.7 Å². The van der Waals surface area contributed by atoms with Crippen molar-refractivity contribution in [2.24, 2.45) is 0 Å². The molecule has 0 saturated heterocycles. The van der Waals surface area contributed by atoms with Gasteiger partial charge >= 0.3 is 0 Å². The molecule has 7 heteroatoms. The van der Waals surface area contributed by atoms with Crippen LogP contribution in [-0.4, -0.2) is 22.6 Å². The number of methoxy groups -OCH3 is 1. The van der Waals surface area contributed by atoms with Gasteiger partial charge < -0.3 is 14.6 Å². The largest absolute Gasteiger partial charge is 0.497 e. The lowest BCUT2D eigenvalue weighted by Gasteiger charge is -2.11. The molecule has 0 aliphatic rings. The van der Waals surface area contributed by atoms with E-state index in [4.69, 9.17) is 4.74 Å². The van der Waals surface area contributed by atoms with Crippen LogP contribution in [-0.2, 0) is 11.3 Å². The van der Waals surface area contributed by atoms with Gasteiger partial charge in [0.05, 0.1) is 18.3 Å². The third-order valence-electron chi connectivity index (χ3n) is 4.33. The summed E-state index contributed by atoms with van der Waals surface area (Å²) >= 11 is 1.58. The zero-order valence-corrected chi connectivity index (χ0v) is 15.9. The van der Waals surface area contributed by atoms with Gasteiger partial charge in [-0.3, -0.25) is 14.6 Å². The van der Waals surface area contributed by atoms with E-state index in [0.717, 1.165) is 15.8 Å². The van der Waals surface area contributed by atoms with Crippen LogP contribution < -0.4 is 15.6 Å². The molecule has 0 unspecified atom stereocenters. The molecule has 0 radical (unpaired) electrons. The summed E-state index contributed by atoms with van der Waals surface area (Å²) in [4.78, 5) is 30.1. The molecular formula is C21H17N3O3S. The Kier molecular flexibility index (Phi) is 4.90. The number of hydrogen-bond acceptors (Lipinski definition) is 5. The smallest absolute Gasteiger partial charge is 0.251 e. The molecule has 0 spiro atoms. The van der Waals surface area contributed by atoms with Crippen LogP contribution in [0, 0.1) is 0 Å². The lowest BCUT2D eigenvalue weighted by Crippen LogP contribution is -2.26. The van der Waals surface area contributed by atoms with Gasteiger partial charge in [-0.15, -0.1) is 11.3 Å². The van der Waals surface area contributed by atoms with Gasteiger partial charge in [0, 0.05) is 40.4 Å². The molecule has 4 aromatic rings. The number of benzene rings is 1. The first-order valence-electron chi connectivity index (χ1n) is 8.61. The third kappa shape index (κ3) is 3.65. The molecule has 140 valence electrons. The van der Waals surface area contributed by atoms with Crippen molar-refractivity contribution >= 4 is 33.8 Å². The Morgan fingerprint density at radius 3 is 2.89 bits per heavy atom. The predicted octanol–water partition coefficient (Wildman–Crippen LogP) is 3.77. The van der Waals surface area contributed by atoms with Crippen molar-refractivity contribution in [3.63, 3.8) is 0 Å². The maximum absolute atomic E-state index is 12.6. The number of ether oxygens (including phenoxy) is 1. The van der Waals surface area contributed by atoms with Gasteiger partial charge in [-0.1, -0.05) is 6.07 Å². The van der Waals surface area contributed by atoms with Crippen molar-refractivity contribution in [2.75, 3.05) is 12.4 Å². The number of hydrogen-bond donors (Lipinski definition) is 1. The van der Waals surface area contributed by atoms with Crippen LogP contribution in [0.2, 0.25) is 0 Å². The van der Waals surface area contributed by atoms with Gasteiger partial charge in [0.25, 0.3) is 5.56 Å². The normalized spacial score (nSPS) is 10.8. The van der Waals surface area contributed by atoms with Crippen LogP contribution in [0.5, 0.6) is 5.75 Å². The van der Waals surface area contributed by atoms with E-state index in [1.807, 2.05) is 29.6 Å². The Bertz CT molecular complexity index is 1200. The van der Waals surface area contributed by atoms with Crippen LogP contribution in [0.15, 0.2) is 71.1 Å². The summed E-state index contributed by atoms with van der Waals surface area (Å²) in [5.74, 6) is 0.411. The first kappa shape index (κ1) is 17.9. The highest BCUT2D eigenvalue weighted by Gasteiger charge is 2.10. The minimum atomic E-state index is -0.284. The first-order valence-corrected chi connectivity index (χ1v) is 9.49. The molecule has 0 fully saturated rings. The monoisotopic (exact) mass is 391 g/mol. The van der Waals surface area contributed by atoms with E-state index in [0.29, 0.717) is 17.0 Å². The number of amides is 1. The third-order valence-corrected chi connectivity index (χ3v) is 5.25. The van der Waals surface area contributed by atoms with Crippen molar-refractivity contribution in [1.82, 2.24) is 9.55 Å². The zero-order valence-electron chi connectivity index (χ0n) is 15.1. The van der Waals surface area contributed by atoms with Crippen molar-refractivity contribution in [3.8, 4) is 16.2 Å². The van der Waals surface area contributed by atoms with Crippen LogP contribution in [0.1, 0.15) is 0 Å². The second kappa shape index (κ2) is 7.66. The Morgan fingerprint density at radius 2 is 2.11 bits per heavy atom. The van der Waals surface area contributed by atoms with Crippen LogP contribution in [0.4, 0.5) is 5.69 Å². The molecule has 0 saturated carbocycles. The van der Waals surface area contributed by atoms with E-state index in [2.05, 4.69) is 10.3 Å². The van der Waals surface area contributed by atoms with E-state index in [1.54, 1.807) is 49.0 Å². The highest BCUT2D eigenvalue weighted by Crippen LogP contribution is 2.26. The fourth-order valence-corrected chi connectivity index (χ4v) is 3.67. The number of carbonyl (C=O) groups excluding carboxylic acids is 1. The summed E-state index contributed by atoms with van der Waals surface area (Å²) in [6, 6.07) is 14.4. The van der Waals surface area contributed by atoms with Gasteiger partial charge in [-0.05, 0) is 35.7 Å². The number of carbonyl (C=O) groups is 1. The molecule has 3 aromatic heterocycles. The second-order valence-corrected chi connectivity index (χ2v) is 7.10. The topological polar surface area (TPSA) is 73.2 Å². The average Bonchev–Trinajstić information content (AvgIpc) is 3.24. The molecule has 0 atom stereocenters. The molecule has 28 heavy (non-hydrogen) atoms. The molecule has 1 aromatic carbocycles. The molecular weight excluding hydrogens is 374 g/mol. The van der Waals surface area contributed by atoms with Crippen molar-refractivity contribution in [2.45, 2.75) is 6.54 Å². The van der Waals surface area contributed by atoms with Gasteiger partial charge in [0.1, 0.15) is 12.3 Å². The SMILES string of the molecule is COc1ccc2c(NC(=O)Cn3cc(-c4cccs4)ccc3=O)ccnc2c1. The summed E-state index contributed by atoms with van der Waals surface area (Å²) in [6.45, 7) is -0.0714. The van der Waals surface area contributed by atoms with Crippen LogP contribution in [0.25, 0.3) is 21.3 Å². The Balaban J connectivity index is 1.58. The molecule has 0 bridgehead atoms. The van der Waals surface area contributed by atoms with E-state index < -0.39 is 0 Å². The van der Waals surface area contributed by atoms with E-state index >= 15 is 0 Å². The maximum atomic E-state index is 12.6. The highest BCUT2D eigenvalue weighted by atomic mass is 32.1. The van der Waals surface area contributed by atoms with Crippen molar-refractivity contribution in [1.29, 1.82) is 0 Å². The fourth-order valence-electron chi connectivity index (χ4n) is 2.95. The number of nitrogens with zero attached hydrogens (tertiary/aromatic N) is 2. The standard InChI is InChI=1S/C21H17N3O3S/c1-27-15-5-6-16-17(8-9-22-18(16)11-15)23-20(25)13-24-12-14(4-7-21(24)26)19-3-2-10-28-19/h2-12H,13H2,1H3,(H,22,23,25). The summed E-state index contributed by atoms with van der Waals surface area (Å²) in [5, 5.41) is 5.65. The summed E-state index contributed by atoms with van der Waals surface area (Å²) < 4.78 is 6.63. The number of rotatable bonds is 5. The summed E-state index contributed by atoms with van der Waals surface area (Å²) in [5.41, 5.74) is 2.04. The molecule has 0 aliphatic carbocycles. The number of thiophene rings is 1. The van der Waals surface area contributed by atoms with E-state index in [9.17, 15) is 9.59 Å². The lowest BCUT2D eigenvalue weighted by atomic mass is 10.2. The highest BCUT2D eigenvalue weighted by molar-refractivity contribution is 7.13. The second-order valence-electron chi connectivity index (χ2n) is 6.15. The molecule has 4 rings (SSSR count). The Labute approximate surface area is 165 Å².